The van der Waals surface area contributed by atoms with Crippen molar-refractivity contribution in [3.8, 4) is 0 Å². The molecule has 19 heavy (non-hydrogen) atoms. The second kappa shape index (κ2) is 4.35. The number of amides is 1. The monoisotopic (exact) mass is 254 g/mol. The summed E-state index contributed by atoms with van der Waals surface area (Å²) >= 11 is 0. The summed E-state index contributed by atoms with van der Waals surface area (Å²) in [7, 11) is 0. The summed E-state index contributed by atoms with van der Waals surface area (Å²) in [5.74, 6) is 0.230. The van der Waals surface area contributed by atoms with Gasteiger partial charge in [0, 0.05) is 11.1 Å². The Labute approximate surface area is 112 Å². The van der Waals surface area contributed by atoms with E-state index < -0.39 is 5.54 Å². The van der Waals surface area contributed by atoms with E-state index in [2.05, 4.69) is 5.32 Å². The number of rotatable bonds is 3. The number of nitrogens with two attached hydrogens (primary N) is 1. The van der Waals surface area contributed by atoms with Gasteiger partial charge in [-0.3, -0.25) is 4.79 Å². The quantitative estimate of drug-likeness (QED) is 0.884. The molecule has 3 N–H and O–H groups in total. The minimum Gasteiger partial charge on any atom is -0.324 e. The molecule has 3 heteroatoms. The molecule has 1 aliphatic rings. The molecule has 1 saturated carbocycles. The van der Waals surface area contributed by atoms with Crippen molar-refractivity contribution < 1.29 is 4.79 Å². The number of nitrogens with one attached hydrogen (secondary N) is 1. The van der Waals surface area contributed by atoms with Crippen LogP contribution in [0.1, 0.15) is 19.8 Å². The second-order valence-electron chi connectivity index (χ2n) is 5.54. The average Bonchev–Trinajstić information content (AvgIpc) is 3.23. The SMILES string of the molecule is CC(N)(C(=O)Nc1cccc2ccccc12)C1CC1. The van der Waals surface area contributed by atoms with E-state index in [1.54, 1.807) is 0 Å². The fourth-order valence-corrected chi connectivity index (χ4v) is 2.46. The van der Waals surface area contributed by atoms with Gasteiger partial charge in [0.25, 0.3) is 0 Å². The topological polar surface area (TPSA) is 55.1 Å². The van der Waals surface area contributed by atoms with Crippen molar-refractivity contribution >= 4 is 22.4 Å². The summed E-state index contributed by atoms with van der Waals surface area (Å²) in [5, 5.41) is 5.14. The molecule has 0 heterocycles. The van der Waals surface area contributed by atoms with Gasteiger partial charge in [0.15, 0.2) is 0 Å². The zero-order valence-electron chi connectivity index (χ0n) is 11.0. The first kappa shape index (κ1) is 12.2. The van der Waals surface area contributed by atoms with Gasteiger partial charge in [0.1, 0.15) is 0 Å². The first-order valence-electron chi connectivity index (χ1n) is 6.67. The third-order valence-electron chi connectivity index (χ3n) is 3.95. The van der Waals surface area contributed by atoms with Gasteiger partial charge in [-0.1, -0.05) is 36.4 Å². The van der Waals surface area contributed by atoms with Gasteiger partial charge in [0.2, 0.25) is 5.91 Å². The van der Waals surface area contributed by atoms with Crippen LogP contribution < -0.4 is 11.1 Å². The van der Waals surface area contributed by atoms with Crippen molar-refractivity contribution in [1.29, 1.82) is 0 Å². The van der Waals surface area contributed by atoms with E-state index in [0.717, 1.165) is 29.3 Å². The highest BCUT2D eigenvalue weighted by Crippen LogP contribution is 2.38. The summed E-state index contributed by atoms with van der Waals surface area (Å²) in [5.41, 5.74) is 6.21. The molecule has 2 aromatic carbocycles. The molecule has 1 atom stereocenters. The fraction of sp³-hybridized carbons (Fsp3) is 0.312. The number of fused-ring (bicyclic) bond motifs is 1. The Morgan fingerprint density at radius 3 is 2.63 bits per heavy atom. The van der Waals surface area contributed by atoms with Crippen molar-refractivity contribution in [2.75, 3.05) is 5.32 Å². The van der Waals surface area contributed by atoms with Gasteiger partial charge in [-0.05, 0) is 37.1 Å². The minimum absolute atomic E-state index is 0.0913. The van der Waals surface area contributed by atoms with Crippen molar-refractivity contribution in [2.24, 2.45) is 11.7 Å². The molecule has 2 aromatic rings. The van der Waals surface area contributed by atoms with Crippen LogP contribution in [0.3, 0.4) is 0 Å². The summed E-state index contributed by atoms with van der Waals surface area (Å²) in [6, 6.07) is 13.9. The van der Waals surface area contributed by atoms with E-state index in [1.165, 1.54) is 0 Å². The number of hydrogen-bond donors (Lipinski definition) is 2. The molecule has 0 bridgehead atoms. The van der Waals surface area contributed by atoms with Crippen LogP contribution in [0.25, 0.3) is 10.8 Å². The molecular formula is C16H18N2O. The van der Waals surface area contributed by atoms with Crippen LogP contribution in [0.2, 0.25) is 0 Å². The first-order chi connectivity index (χ1) is 9.09. The van der Waals surface area contributed by atoms with E-state index in [1.807, 2.05) is 49.4 Å². The maximum Gasteiger partial charge on any atom is 0.244 e. The van der Waals surface area contributed by atoms with E-state index in [0.29, 0.717) is 5.92 Å². The molecule has 3 rings (SSSR count). The molecule has 0 aromatic heterocycles. The van der Waals surface area contributed by atoms with Gasteiger partial charge in [-0.2, -0.15) is 0 Å². The smallest absolute Gasteiger partial charge is 0.244 e. The van der Waals surface area contributed by atoms with Crippen LogP contribution in [0.15, 0.2) is 42.5 Å². The van der Waals surface area contributed by atoms with Crippen molar-refractivity contribution in [3.05, 3.63) is 42.5 Å². The molecule has 0 spiro atoms. The Balaban J connectivity index is 1.91. The highest BCUT2D eigenvalue weighted by molar-refractivity contribution is 6.05. The van der Waals surface area contributed by atoms with E-state index in [-0.39, 0.29) is 5.91 Å². The van der Waals surface area contributed by atoms with E-state index in [9.17, 15) is 4.79 Å². The minimum atomic E-state index is -0.767. The lowest BCUT2D eigenvalue weighted by Gasteiger charge is -2.23. The van der Waals surface area contributed by atoms with Gasteiger partial charge in [0.05, 0.1) is 5.54 Å². The number of carbonyl (C=O) groups is 1. The second-order valence-corrected chi connectivity index (χ2v) is 5.54. The lowest BCUT2D eigenvalue weighted by molar-refractivity contribution is -0.121. The van der Waals surface area contributed by atoms with Crippen LogP contribution in [0, 0.1) is 5.92 Å². The Bertz CT molecular complexity index is 624. The summed E-state index contributed by atoms with van der Waals surface area (Å²) in [4.78, 5) is 12.3. The van der Waals surface area contributed by atoms with E-state index >= 15 is 0 Å². The molecule has 1 unspecified atom stereocenters. The molecule has 1 aliphatic carbocycles. The molecule has 0 saturated heterocycles. The predicted octanol–water partition coefficient (Wildman–Crippen LogP) is 2.91. The zero-order valence-corrected chi connectivity index (χ0v) is 11.0. The van der Waals surface area contributed by atoms with Crippen LogP contribution in [0.5, 0.6) is 0 Å². The molecule has 1 fully saturated rings. The third kappa shape index (κ3) is 2.22. The Morgan fingerprint density at radius 2 is 1.89 bits per heavy atom. The molecule has 1 amide bonds. The zero-order chi connectivity index (χ0) is 13.5. The van der Waals surface area contributed by atoms with Crippen molar-refractivity contribution in [3.63, 3.8) is 0 Å². The third-order valence-corrected chi connectivity index (χ3v) is 3.95. The van der Waals surface area contributed by atoms with Gasteiger partial charge >= 0.3 is 0 Å². The predicted molar refractivity (Wildman–Crippen MR) is 77.9 cm³/mol. The highest BCUT2D eigenvalue weighted by Gasteiger charge is 2.44. The van der Waals surface area contributed by atoms with Crippen LogP contribution in [-0.4, -0.2) is 11.4 Å². The first-order valence-corrected chi connectivity index (χ1v) is 6.67. The van der Waals surface area contributed by atoms with Gasteiger partial charge < -0.3 is 11.1 Å². The lowest BCUT2D eigenvalue weighted by atomic mass is 9.96. The molecule has 3 nitrogen and oxygen atoms in total. The molecule has 0 aliphatic heterocycles. The molecule has 0 radical (unpaired) electrons. The number of benzene rings is 2. The van der Waals surface area contributed by atoms with Crippen LogP contribution >= 0.6 is 0 Å². The summed E-state index contributed by atoms with van der Waals surface area (Å²) in [6.45, 7) is 1.82. The number of carbonyl (C=O) groups excluding carboxylic acids is 1. The molecule has 98 valence electrons. The van der Waals surface area contributed by atoms with E-state index in [4.69, 9.17) is 5.73 Å². The summed E-state index contributed by atoms with van der Waals surface area (Å²) < 4.78 is 0. The number of hydrogen-bond acceptors (Lipinski definition) is 2. The standard InChI is InChI=1S/C16H18N2O/c1-16(17,12-9-10-12)15(19)18-14-8-4-6-11-5-2-3-7-13(11)14/h2-8,12H,9-10,17H2,1H3,(H,18,19). The largest absolute Gasteiger partial charge is 0.324 e. The summed E-state index contributed by atoms with van der Waals surface area (Å²) in [6.07, 6.45) is 2.10. The Hall–Kier alpha value is -1.87. The van der Waals surface area contributed by atoms with Crippen LogP contribution in [0.4, 0.5) is 5.69 Å². The van der Waals surface area contributed by atoms with Crippen LogP contribution in [-0.2, 0) is 4.79 Å². The lowest BCUT2D eigenvalue weighted by Crippen LogP contribution is -2.50. The fourth-order valence-electron chi connectivity index (χ4n) is 2.46. The average molecular weight is 254 g/mol. The Morgan fingerprint density at radius 1 is 1.21 bits per heavy atom. The van der Waals surface area contributed by atoms with Crippen molar-refractivity contribution in [2.45, 2.75) is 25.3 Å². The number of anilines is 1. The Kier molecular flexibility index (Phi) is 2.79. The highest BCUT2D eigenvalue weighted by atomic mass is 16.2. The maximum absolute atomic E-state index is 12.3. The van der Waals surface area contributed by atoms with Gasteiger partial charge in [-0.15, -0.1) is 0 Å². The van der Waals surface area contributed by atoms with Crippen molar-refractivity contribution in [1.82, 2.24) is 0 Å². The normalized spacial score (nSPS) is 18.0. The molecular weight excluding hydrogens is 236 g/mol. The maximum atomic E-state index is 12.3. The van der Waals surface area contributed by atoms with Gasteiger partial charge in [-0.25, -0.2) is 0 Å².